The predicted molar refractivity (Wildman–Crippen MR) is 137 cm³/mol. The van der Waals surface area contributed by atoms with Gasteiger partial charge in [0.15, 0.2) is 0 Å². The lowest BCUT2D eigenvalue weighted by atomic mass is 10.2. The first-order chi connectivity index (χ1) is 16.4. The van der Waals surface area contributed by atoms with Gasteiger partial charge in [-0.25, -0.2) is 8.42 Å². The van der Waals surface area contributed by atoms with E-state index in [1.54, 1.807) is 36.4 Å². The number of benzene rings is 3. The molecule has 1 N–H and O–H groups in total. The van der Waals surface area contributed by atoms with E-state index in [9.17, 15) is 13.2 Å². The molecule has 0 spiro atoms. The Bertz CT molecular complexity index is 1270. The van der Waals surface area contributed by atoms with E-state index >= 15 is 0 Å². The van der Waals surface area contributed by atoms with Gasteiger partial charge in [-0.2, -0.15) is 0 Å². The number of nitrogens with zero attached hydrogens (tertiary/aromatic N) is 2. The molecule has 0 aliphatic carbocycles. The molecule has 34 heavy (non-hydrogen) atoms. The van der Waals surface area contributed by atoms with Crippen molar-refractivity contribution >= 4 is 38.9 Å². The summed E-state index contributed by atoms with van der Waals surface area (Å²) in [6.07, 6.45) is 1.80. The summed E-state index contributed by atoms with van der Waals surface area (Å²) < 4.78 is 27.9. The lowest BCUT2D eigenvalue weighted by Crippen LogP contribution is -2.41. The van der Waals surface area contributed by atoms with Crippen LogP contribution in [0.5, 0.6) is 0 Å². The third kappa shape index (κ3) is 5.37. The van der Waals surface area contributed by atoms with Gasteiger partial charge in [-0.3, -0.25) is 9.10 Å². The van der Waals surface area contributed by atoms with Crippen LogP contribution in [0, 0.1) is 6.92 Å². The molecule has 8 heteroatoms. The summed E-state index contributed by atoms with van der Waals surface area (Å²) in [5.41, 5.74) is 3.79. The van der Waals surface area contributed by atoms with Crippen LogP contribution in [-0.4, -0.2) is 40.5 Å². The third-order valence-corrected chi connectivity index (χ3v) is 8.17. The summed E-state index contributed by atoms with van der Waals surface area (Å²) in [5.74, 6) is -0.363. The van der Waals surface area contributed by atoms with Crippen LogP contribution in [0.4, 0.5) is 11.4 Å². The Morgan fingerprint density at radius 3 is 2.56 bits per heavy atom. The number of fused-ring (bicyclic) bond motifs is 1. The normalized spacial score (nSPS) is 12.9. The molecule has 0 fully saturated rings. The van der Waals surface area contributed by atoms with Crippen molar-refractivity contribution in [2.75, 3.05) is 35.4 Å². The second kappa shape index (κ2) is 10.5. The first-order valence-corrected chi connectivity index (χ1v) is 13.1. The van der Waals surface area contributed by atoms with E-state index in [2.05, 4.69) is 28.4 Å². The molecule has 1 aliphatic heterocycles. The minimum absolute atomic E-state index is 0.118. The lowest BCUT2D eigenvalue weighted by molar-refractivity contribution is -0.119. The number of rotatable bonds is 9. The van der Waals surface area contributed by atoms with E-state index in [0.717, 1.165) is 35.8 Å². The fraction of sp³-hybridized carbons (Fsp3) is 0.269. The Morgan fingerprint density at radius 2 is 1.79 bits per heavy atom. The van der Waals surface area contributed by atoms with Gasteiger partial charge in [0, 0.05) is 30.3 Å². The highest BCUT2D eigenvalue weighted by Crippen LogP contribution is 2.28. The zero-order chi connectivity index (χ0) is 24.1. The molecule has 178 valence electrons. The first kappa shape index (κ1) is 24.1. The lowest BCUT2D eigenvalue weighted by Gasteiger charge is -2.25. The van der Waals surface area contributed by atoms with Crippen molar-refractivity contribution < 1.29 is 13.2 Å². The number of carbonyl (C=O) groups is 1. The molecule has 0 bridgehead atoms. The van der Waals surface area contributed by atoms with Crippen LogP contribution >= 0.6 is 11.6 Å². The highest BCUT2D eigenvalue weighted by Gasteiger charge is 2.27. The molecule has 1 aliphatic rings. The van der Waals surface area contributed by atoms with Crippen LogP contribution in [0.25, 0.3) is 0 Å². The summed E-state index contributed by atoms with van der Waals surface area (Å²) in [7, 11) is -3.95. The molecule has 6 nitrogen and oxygen atoms in total. The monoisotopic (exact) mass is 497 g/mol. The molecule has 0 unspecified atom stereocenters. The SMILES string of the molecule is Cc1ccc(N(CC(=O)NCCCN2CCc3ccccc32)S(=O)(=O)c2ccccc2)cc1Cl. The predicted octanol–water partition coefficient (Wildman–Crippen LogP) is 4.41. The van der Waals surface area contributed by atoms with Crippen LogP contribution in [0.1, 0.15) is 17.5 Å². The Balaban J connectivity index is 1.42. The maximum Gasteiger partial charge on any atom is 0.264 e. The molecular formula is C26H28ClN3O3S. The van der Waals surface area contributed by atoms with E-state index in [4.69, 9.17) is 11.6 Å². The standard InChI is InChI=1S/C26H28ClN3O3S/c1-20-12-13-22(18-24(20)27)30(34(32,33)23-9-3-2-4-10-23)19-26(31)28-15-7-16-29-17-14-21-8-5-6-11-25(21)29/h2-6,8-13,18H,7,14-17,19H2,1H3,(H,28,31). The zero-order valence-corrected chi connectivity index (χ0v) is 20.6. The van der Waals surface area contributed by atoms with Crippen LogP contribution in [-0.2, 0) is 21.2 Å². The maximum absolute atomic E-state index is 13.4. The number of hydrogen-bond acceptors (Lipinski definition) is 4. The van der Waals surface area contributed by atoms with Gasteiger partial charge < -0.3 is 10.2 Å². The number of carbonyl (C=O) groups excluding carboxylic acids is 1. The molecule has 4 rings (SSSR count). The highest BCUT2D eigenvalue weighted by molar-refractivity contribution is 7.92. The van der Waals surface area contributed by atoms with Gasteiger partial charge in [-0.1, -0.05) is 54.1 Å². The second-order valence-corrected chi connectivity index (χ2v) is 10.6. The van der Waals surface area contributed by atoms with Gasteiger partial charge in [-0.05, 0) is 61.2 Å². The molecule has 3 aromatic rings. The second-order valence-electron chi connectivity index (χ2n) is 8.33. The minimum Gasteiger partial charge on any atom is -0.371 e. The van der Waals surface area contributed by atoms with Crippen molar-refractivity contribution in [2.45, 2.75) is 24.7 Å². The quantitative estimate of drug-likeness (QED) is 0.444. The highest BCUT2D eigenvalue weighted by atomic mass is 35.5. The Hall–Kier alpha value is -3.03. The van der Waals surface area contributed by atoms with Crippen molar-refractivity contribution in [3.8, 4) is 0 Å². The first-order valence-electron chi connectivity index (χ1n) is 11.3. The molecule has 0 saturated heterocycles. The van der Waals surface area contributed by atoms with Crippen molar-refractivity contribution in [3.63, 3.8) is 0 Å². The van der Waals surface area contributed by atoms with Crippen LogP contribution in [0.3, 0.4) is 0 Å². The van der Waals surface area contributed by atoms with Crippen molar-refractivity contribution in [2.24, 2.45) is 0 Å². The summed E-state index contributed by atoms with van der Waals surface area (Å²) in [6.45, 7) is 3.78. The number of para-hydroxylation sites is 1. The fourth-order valence-electron chi connectivity index (χ4n) is 4.09. The van der Waals surface area contributed by atoms with Gasteiger partial charge in [0.1, 0.15) is 6.54 Å². The van der Waals surface area contributed by atoms with E-state index in [1.807, 2.05) is 13.0 Å². The molecule has 0 aromatic heterocycles. The fourth-order valence-corrected chi connectivity index (χ4v) is 5.70. The number of anilines is 2. The van der Waals surface area contributed by atoms with Gasteiger partial charge in [0.25, 0.3) is 10.0 Å². The molecule has 0 atom stereocenters. The van der Waals surface area contributed by atoms with Crippen molar-refractivity contribution in [1.82, 2.24) is 5.32 Å². The van der Waals surface area contributed by atoms with E-state index in [0.29, 0.717) is 17.3 Å². The van der Waals surface area contributed by atoms with Gasteiger partial charge >= 0.3 is 0 Å². The summed E-state index contributed by atoms with van der Waals surface area (Å²) in [4.78, 5) is 15.2. The van der Waals surface area contributed by atoms with Crippen molar-refractivity contribution in [1.29, 1.82) is 0 Å². The number of aryl methyl sites for hydroxylation is 1. The number of nitrogens with one attached hydrogen (secondary N) is 1. The van der Waals surface area contributed by atoms with Crippen LogP contribution in [0.15, 0.2) is 77.7 Å². The maximum atomic E-state index is 13.4. The Labute approximate surface area is 206 Å². The van der Waals surface area contributed by atoms with E-state index in [-0.39, 0.29) is 17.3 Å². The van der Waals surface area contributed by atoms with Crippen molar-refractivity contribution in [3.05, 3.63) is 88.9 Å². The topological polar surface area (TPSA) is 69.7 Å². The summed E-state index contributed by atoms with van der Waals surface area (Å²) in [6, 6.07) is 21.5. The molecule has 0 radical (unpaired) electrons. The molecule has 0 saturated carbocycles. The number of amides is 1. The number of sulfonamides is 1. The largest absolute Gasteiger partial charge is 0.371 e. The van der Waals surface area contributed by atoms with E-state index in [1.165, 1.54) is 23.4 Å². The average molecular weight is 498 g/mol. The molecule has 1 amide bonds. The van der Waals surface area contributed by atoms with Gasteiger partial charge in [0.05, 0.1) is 10.6 Å². The van der Waals surface area contributed by atoms with E-state index < -0.39 is 10.0 Å². The summed E-state index contributed by atoms with van der Waals surface area (Å²) in [5, 5.41) is 3.32. The van der Waals surface area contributed by atoms with Crippen LogP contribution in [0.2, 0.25) is 5.02 Å². The zero-order valence-electron chi connectivity index (χ0n) is 19.1. The third-order valence-electron chi connectivity index (χ3n) is 5.97. The molecular weight excluding hydrogens is 470 g/mol. The Morgan fingerprint density at radius 1 is 1.06 bits per heavy atom. The average Bonchev–Trinajstić information content (AvgIpc) is 3.26. The number of halogens is 1. The molecule has 1 heterocycles. The Kier molecular flexibility index (Phi) is 7.44. The summed E-state index contributed by atoms with van der Waals surface area (Å²) >= 11 is 6.26. The van der Waals surface area contributed by atoms with Gasteiger partial charge in [0.2, 0.25) is 5.91 Å². The van der Waals surface area contributed by atoms with Gasteiger partial charge in [-0.15, -0.1) is 0 Å². The molecule has 3 aromatic carbocycles. The minimum atomic E-state index is -3.95. The smallest absolute Gasteiger partial charge is 0.264 e. The number of hydrogen-bond donors (Lipinski definition) is 1. The van der Waals surface area contributed by atoms with Crippen LogP contribution < -0.4 is 14.5 Å².